The summed E-state index contributed by atoms with van der Waals surface area (Å²) in [4.78, 5) is 52.3. The average molecular weight is 425 g/mol. The number of fused-ring (bicyclic) bond motifs is 1. The van der Waals surface area contributed by atoms with Gasteiger partial charge in [0.25, 0.3) is 5.91 Å². The van der Waals surface area contributed by atoms with Gasteiger partial charge in [-0.1, -0.05) is 12.2 Å². The first-order valence-corrected chi connectivity index (χ1v) is 10.8. The molecule has 2 saturated heterocycles. The van der Waals surface area contributed by atoms with E-state index in [1.807, 2.05) is 36.4 Å². The first-order chi connectivity index (χ1) is 15.0. The third-order valence-electron chi connectivity index (χ3n) is 6.12. The molecule has 8 heteroatoms. The zero-order valence-corrected chi connectivity index (χ0v) is 17.4. The SMILES string of the molecule is O=C(COC(=O)CN1C(=O)[C@H]2CC=CC[C@H]2C1=O)Nc1ccc(N2CCCCC2)cc1. The van der Waals surface area contributed by atoms with Crippen LogP contribution in [0.4, 0.5) is 11.4 Å². The minimum absolute atomic E-state index is 0.338. The number of likely N-dealkylation sites (tertiary alicyclic amines) is 1. The number of imide groups is 1. The van der Waals surface area contributed by atoms with Crippen LogP contribution in [0.3, 0.4) is 0 Å². The van der Waals surface area contributed by atoms with E-state index in [-0.39, 0.29) is 23.7 Å². The summed E-state index contributed by atoms with van der Waals surface area (Å²) in [7, 11) is 0. The zero-order valence-electron chi connectivity index (χ0n) is 17.4. The predicted molar refractivity (Wildman–Crippen MR) is 114 cm³/mol. The molecule has 1 aromatic rings. The molecule has 1 aromatic carbocycles. The smallest absolute Gasteiger partial charge is 0.326 e. The van der Waals surface area contributed by atoms with Crippen molar-refractivity contribution >= 4 is 35.1 Å². The summed E-state index contributed by atoms with van der Waals surface area (Å²) in [6.07, 6.45) is 8.45. The van der Waals surface area contributed by atoms with Gasteiger partial charge in [-0.3, -0.25) is 24.1 Å². The molecule has 164 valence electrons. The molecule has 0 unspecified atom stereocenters. The van der Waals surface area contributed by atoms with Crippen LogP contribution < -0.4 is 10.2 Å². The van der Waals surface area contributed by atoms with Crippen LogP contribution in [0, 0.1) is 11.8 Å². The van der Waals surface area contributed by atoms with Crippen LogP contribution in [0.15, 0.2) is 36.4 Å². The molecule has 0 radical (unpaired) electrons. The van der Waals surface area contributed by atoms with Crippen molar-refractivity contribution in [1.29, 1.82) is 0 Å². The summed E-state index contributed by atoms with van der Waals surface area (Å²) in [5.74, 6) is -2.70. The first-order valence-electron chi connectivity index (χ1n) is 10.8. The van der Waals surface area contributed by atoms with E-state index in [9.17, 15) is 19.2 Å². The summed E-state index contributed by atoms with van der Waals surface area (Å²) >= 11 is 0. The lowest BCUT2D eigenvalue weighted by atomic mass is 9.85. The Balaban J connectivity index is 1.23. The largest absolute Gasteiger partial charge is 0.454 e. The fourth-order valence-corrected chi connectivity index (χ4v) is 4.45. The van der Waals surface area contributed by atoms with Crippen LogP contribution in [0.2, 0.25) is 0 Å². The van der Waals surface area contributed by atoms with Gasteiger partial charge >= 0.3 is 5.97 Å². The van der Waals surface area contributed by atoms with Crippen LogP contribution in [0.1, 0.15) is 32.1 Å². The lowest BCUT2D eigenvalue weighted by Crippen LogP contribution is -2.37. The number of anilines is 2. The highest BCUT2D eigenvalue weighted by Crippen LogP contribution is 2.34. The number of benzene rings is 1. The second kappa shape index (κ2) is 9.32. The summed E-state index contributed by atoms with van der Waals surface area (Å²) in [6.45, 7) is 1.16. The molecular formula is C23H27N3O5. The number of nitrogens with one attached hydrogen (secondary N) is 1. The van der Waals surface area contributed by atoms with E-state index in [1.165, 1.54) is 19.3 Å². The van der Waals surface area contributed by atoms with Gasteiger partial charge in [-0.25, -0.2) is 0 Å². The van der Waals surface area contributed by atoms with Gasteiger partial charge in [0.15, 0.2) is 6.61 Å². The molecule has 2 atom stereocenters. The molecule has 2 heterocycles. The molecule has 0 spiro atoms. The molecule has 3 amide bonds. The van der Waals surface area contributed by atoms with Gasteiger partial charge in [0.2, 0.25) is 11.8 Å². The van der Waals surface area contributed by atoms with Crippen molar-refractivity contribution in [2.45, 2.75) is 32.1 Å². The Morgan fingerprint density at radius 3 is 2.16 bits per heavy atom. The Morgan fingerprint density at radius 1 is 0.935 bits per heavy atom. The number of esters is 1. The first kappa shape index (κ1) is 21.1. The van der Waals surface area contributed by atoms with Crippen molar-refractivity contribution in [2.24, 2.45) is 11.8 Å². The number of hydrogen-bond acceptors (Lipinski definition) is 6. The lowest BCUT2D eigenvalue weighted by molar-refractivity contribution is -0.154. The van der Waals surface area contributed by atoms with Crippen molar-refractivity contribution in [1.82, 2.24) is 4.90 Å². The molecule has 4 rings (SSSR count). The summed E-state index contributed by atoms with van der Waals surface area (Å²) in [5.41, 5.74) is 1.74. The second-order valence-corrected chi connectivity index (χ2v) is 8.22. The molecule has 0 aromatic heterocycles. The van der Waals surface area contributed by atoms with Gasteiger partial charge in [-0.05, 0) is 56.4 Å². The maximum Gasteiger partial charge on any atom is 0.326 e. The Hall–Kier alpha value is -3.16. The van der Waals surface area contributed by atoms with E-state index in [4.69, 9.17) is 4.74 Å². The van der Waals surface area contributed by atoms with E-state index in [2.05, 4.69) is 10.2 Å². The van der Waals surface area contributed by atoms with Crippen molar-refractivity contribution in [3.05, 3.63) is 36.4 Å². The summed E-state index contributed by atoms with van der Waals surface area (Å²) < 4.78 is 4.99. The molecule has 31 heavy (non-hydrogen) atoms. The van der Waals surface area contributed by atoms with Crippen LogP contribution in [-0.4, -0.2) is 54.8 Å². The van der Waals surface area contributed by atoms with Crippen molar-refractivity contribution in [3.8, 4) is 0 Å². The molecule has 2 fully saturated rings. The highest BCUT2D eigenvalue weighted by molar-refractivity contribution is 6.07. The molecule has 0 bridgehead atoms. The Morgan fingerprint density at radius 2 is 1.55 bits per heavy atom. The van der Waals surface area contributed by atoms with Crippen molar-refractivity contribution in [3.63, 3.8) is 0 Å². The minimum atomic E-state index is -0.774. The number of hydrogen-bond donors (Lipinski definition) is 1. The van der Waals surface area contributed by atoms with Crippen LogP contribution in [0.25, 0.3) is 0 Å². The number of piperidine rings is 1. The number of amides is 3. The quantitative estimate of drug-likeness (QED) is 0.426. The number of allylic oxidation sites excluding steroid dienone is 2. The topological polar surface area (TPSA) is 96.0 Å². The van der Waals surface area contributed by atoms with Crippen LogP contribution >= 0.6 is 0 Å². The van der Waals surface area contributed by atoms with Gasteiger partial charge in [0.05, 0.1) is 11.8 Å². The highest BCUT2D eigenvalue weighted by atomic mass is 16.5. The molecule has 1 aliphatic carbocycles. The second-order valence-electron chi connectivity index (χ2n) is 8.22. The maximum atomic E-state index is 12.4. The monoisotopic (exact) mass is 425 g/mol. The number of rotatable bonds is 6. The number of carbonyl (C=O) groups is 4. The molecular weight excluding hydrogens is 398 g/mol. The molecule has 2 aliphatic heterocycles. The Bertz CT molecular complexity index is 863. The summed E-state index contributed by atoms with van der Waals surface area (Å²) in [6, 6.07) is 7.57. The minimum Gasteiger partial charge on any atom is -0.454 e. The van der Waals surface area contributed by atoms with E-state index in [0.717, 1.165) is 23.7 Å². The third-order valence-corrected chi connectivity index (χ3v) is 6.12. The molecule has 0 saturated carbocycles. The van der Waals surface area contributed by atoms with E-state index in [0.29, 0.717) is 18.5 Å². The fourth-order valence-electron chi connectivity index (χ4n) is 4.45. The van der Waals surface area contributed by atoms with Gasteiger partial charge in [0, 0.05) is 24.5 Å². The Labute approximate surface area is 181 Å². The molecule has 1 N–H and O–H groups in total. The number of carbonyl (C=O) groups excluding carboxylic acids is 4. The van der Waals surface area contributed by atoms with Gasteiger partial charge < -0.3 is 15.0 Å². The number of ether oxygens (including phenoxy) is 1. The van der Waals surface area contributed by atoms with E-state index < -0.39 is 25.0 Å². The fraction of sp³-hybridized carbons (Fsp3) is 0.478. The normalized spacial score (nSPS) is 23.0. The van der Waals surface area contributed by atoms with Gasteiger partial charge in [-0.15, -0.1) is 0 Å². The third kappa shape index (κ3) is 4.78. The highest BCUT2D eigenvalue weighted by Gasteiger charge is 2.47. The van der Waals surface area contributed by atoms with Crippen molar-refractivity contribution in [2.75, 3.05) is 36.5 Å². The van der Waals surface area contributed by atoms with Crippen molar-refractivity contribution < 1.29 is 23.9 Å². The number of nitrogens with zero attached hydrogens (tertiary/aromatic N) is 2. The average Bonchev–Trinajstić information content (AvgIpc) is 3.04. The predicted octanol–water partition coefficient (Wildman–Crippen LogP) is 2.11. The van der Waals surface area contributed by atoms with Crippen LogP contribution in [0.5, 0.6) is 0 Å². The van der Waals surface area contributed by atoms with Gasteiger partial charge in [0.1, 0.15) is 6.54 Å². The maximum absolute atomic E-state index is 12.4. The molecule has 3 aliphatic rings. The molecule has 8 nitrogen and oxygen atoms in total. The Kier molecular flexibility index (Phi) is 6.34. The lowest BCUT2D eigenvalue weighted by Gasteiger charge is -2.28. The van der Waals surface area contributed by atoms with Gasteiger partial charge in [-0.2, -0.15) is 0 Å². The van der Waals surface area contributed by atoms with E-state index in [1.54, 1.807) is 0 Å². The van der Waals surface area contributed by atoms with Crippen LogP contribution in [-0.2, 0) is 23.9 Å². The summed E-state index contributed by atoms with van der Waals surface area (Å²) in [5, 5.41) is 2.69. The standard InChI is InChI=1S/C23H27N3O5/c27-20(24-16-8-10-17(11-9-16)25-12-4-1-5-13-25)15-31-21(28)14-26-22(29)18-6-2-3-7-19(18)23(26)30/h2-3,8-11,18-19H,1,4-7,12-15H2,(H,24,27)/t18-,19+. The van der Waals surface area contributed by atoms with E-state index >= 15 is 0 Å². The zero-order chi connectivity index (χ0) is 21.8.